The number of carbonyl (C=O) groups excluding carboxylic acids is 1. The number of unbranched alkanes of at least 4 members (excludes halogenated alkanes) is 1. The lowest BCUT2D eigenvalue weighted by Gasteiger charge is -2.39. The van der Waals surface area contributed by atoms with Gasteiger partial charge in [-0.3, -0.25) is 9.59 Å². The van der Waals surface area contributed by atoms with Gasteiger partial charge in [-0.25, -0.2) is 0 Å². The van der Waals surface area contributed by atoms with Crippen LogP contribution in [0.1, 0.15) is 52.4 Å². The Bertz CT molecular complexity index is 290. The van der Waals surface area contributed by atoms with Crippen LogP contribution in [0.5, 0.6) is 0 Å². The lowest BCUT2D eigenvalue weighted by molar-refractivity contribution is -0.155. The van der Waals surface area contributed by atoms with Gasteiger partial charge in [0.2, 0.25) is 5.91 Å². The zero-order valence-electron chi connectivity index (χ0n) is 10.9. The van der Waals surface area contributed by atoms with Crippen molar-refractivity contribution in [1.29, 1.82) is 0 Å². The second kappa shape index (κ2) is 6.03. The third kappa shape index (κ3) is 3.20. The van der Waals surface area contributed by atoms with Crippen molar-refractivity contribution in [2.45, 2.75) is 52.4 Å². The van der Waals surface area contributed by atoms with E-state index in [4.69, 9.17) is 0 Å². The largest absolute Gasteiger partial charge is 0.481 e. The number of piperidine rings is 1. The van der Waals surface area contributed by atoms with E-state index < -0.39 is 11.4 Å². The molecular weight excluding hydrogens is 218 g/mol. The summed E-state index contributed by atoms with van der Waals surface area (Å²) in [6, 6.07) is 0. The van der Waals surface area contributed by atoms with Gasteiger partial charge in [-0.15, -0.1) is 0 Å². The number of amides is 1. The topological polar surface area (TPSA) is 57.6 Å². The molecule has 1 atom stereocenters. The van der Waals surface area contributed by atoms with E-state index in [1.54, 1.807) is 4.90 Å². The molecule has 1 fully saturated rings. The zero-order chi connectivity index (χ0) is 12.9. The van der Waals surface area contributed by atoms with Crippen LogP contribution in [0.15, 0.2) is 0 Å². The Labute approximate surface area is 103 Å². The van der Waals surface area contributed by atoms with Crippen molar-refractivity contribution in [1.82, 2.24) is 4.90 Å². The van der Waals surface area contributed by atoms with Gasteiger partial charge in [0.25, 0.3) is 0 Å². The molecule has 0 bridgehead atoms. The van der Waals surface area contributed by atoms with Gasteiger partial charge in [0, 0.05) is 19.5 Å². The summed E-state index contributed by atoms with van der Waals surface area (Å²) >= 11 is 0. The van der Waals surface area contributed by atoms with Crippen LogP contribution in [0.25, 0.3) is 0 Å². The Morgan fingerprint density at radius 2 is 2.06 bits per heavy atom. The summed E-state index contributed by atoms with van der Waals surface area (Å²) in [6.07, 6.45) is 4.53. The van der Waals surface area contributed by atoms with Gasteiger partial charge in [-0.05, 0) is 25.7 Å². The average Bonchev–Trinajstić information content (AvgIpc) is 2.35. The van der Waals surface area contributed by atoms with Crippen LogP contribution in [-0.2, 0) is 9.59 Å². The molecule has 1 heterocycles. The highest BCUT2D eigenvalue weighted by atomic mass is 16.4. The first kappa shape index (κ1) is 14.0. The highest BCUT2D eigenvalue weighted by molar-refractivity contribution is 5.79. The number of carboxylic acids is 1. The predicted molar refractivity (Wildman–Crippen MR) is 65.7 cm³/mol. The predicted octanol–water partition coefficient (Wildman–Crippen LogP) is 2.28. The molecule has 0 saturated carbocycles. The number of likely N-dealkylation sites (tertiary alicyclic amines) is 1. The van der Waals surface area contributed by atoms with Crippen molar-refractivity contribution in [3.05, 3.63) is 0 Å². The smallest absolute Gasteiger partial charge is 0.311 e. The molecule has 1 amide bonds. The maximum absolute atomic E-state index is 11.9. The van der Waals surface area contributed by atoms with Crippen LogP contribution in [0.3, 0.4) is 0 Å². The molecule has 1 saturated heterocycles. The van der Waals surface area contributed by atoms with E-state index in [1.165, 1.54) is 0 Å². The molecule has 0 spiro atoms. The Balaban J connectivity index is 2.65. The van der Waals surface area contributed by atoms with E-state index in [-0.39, 0.29) is 5.91 Å². The van der Waals surface area contributed by atoms with Crippen molar-refractivity contribution in [2.75, 3.05) is 13.1 Å². The van der Waals surface area contributed by atoms with Gasteiger partial charge in [0.15, 0.2) is 0 Å². The molecule has 1 N–H and O–H groups in total. The number of rotatable bonds is 5. The molecule has 1 rings (SSSR count). The van der Waals surface area contributed by atoms with Gasteiger partial charge >= 0.3 is 5.97 Å². The number of nitrogens with zero attached hydrogens (tertiary/aromatic N) is 1. The number of aliphatic carboxylic acids is 1. The monoisotopic (exact) mass is 241 g/mol. The molecule has 0 radical (unpaired) electrons. The summed E-state index contributed by atoms with van der Waals surface area (Å²) in [5, 5.41) is 9.33. The minimum absolute atomic E-state index is 0.116. The number of hydrogen-bond donors (Lipinski definition) is 1. The summed E-state index contributed by atoms with van der Waals surface area (Å²) in [6.45, 7) is 5.06. The first-order chi connectivity index (χ1) is 8.05. The van der Waals surface area contributed by atoms with Gasteiger partial charge in [0.1, 0.15) is 0 Å². The quantitative estimate of drug-likeness (QED) is 0.803. The summed E-state index contributed by atoms with van der Waals surface area (Å²) in [5.41, 5.74) is -0.708. The molecule has 1 unspecified atom stereocenters. The summed E-state index contributed by atoms with van der Waals surface area (Å²) in [4.78, 5) is 25.0. The molecular formula is C13H23NO3. The van der Waals surface area contributed by atoms with Crippen molar-refractivity contribution in [2.24, 2.45) is 5.41 Å². The molecule has 0 aromatic carbocycles. The summed E-state index contributed by atoms with van der Waals surface area (Å²) < 4.78 is 0. The molecule has 4 nitrogen and oxygen atoms in total. The molecule has 0 aliphatic carbocycles. The molecule has 98 valence electrons. The van der Waals surface area contributed by atoms with Crippen LogP contribution < -0.4 is 0 Å². The van der Waals surface area contributed by atoms with Gasteiger partial charge < -0.3 is 10.0 Å². The average molecular weight is 241 g/mol. The lowest BCUT2D eigenvalue weighted by Crippen LogP contribution is -2.49. The van der Waals surface area contributed by atoms with E-state index in [0.29, 0.717) is 25.8 Å². The number of hydrogen-bond acceptors (Lipinski definition) is 2. The van der Waals surface area contributed by atoms with Gasteiger partial charge in [-0.1, -0.05) is 20.3 Å². The molecule has 17 heavy (non-hydrogen) atoms. The minimum Gasteiger partial charge on any atom is -0.481 e. The molecule has 1 aliphatic rings. The van der Waals surface area contributed by atoms with Crippen LogP contribution >= 0.6 is 0 Å². The fourth-order valence-corrected chi connectivity index (χ4v) is 2.45. The summed E-state index contributed by atoms with van der Waals surface area (Å²) in [7, 11) is 0. The maximum atomic E-state index is 11.9. The van der Waals surface area contributed by atoms with Crippen molar-refractivity contribution in [3.8, 4) is 0 Å². The zero-order valence-corrected chi connectivity index (χ0v) is 10.9. The third-order valence-corrected chi connectivity index (χ3v) is 3.80. The van der Waals surface area contributed by atoms with Crippen LogP contribution in [0.4, 0.5) is 0 Å². The van der Waals surface area contributed by atoms with Crippen LogP contribution in [0.2, 0.25) is 0 Å². The maximum Gasteiger partial charge on any atom is 0.311 e. The van der Waals surface area contributed by atoms with E-state index in [2.05, 4.69) is 6.92 Å². The van der Waals surface area contributed by atoms with E-state index >= 15 is 0 Å². The Morgan fingerprint density at radius 1 is 1.35 bits per heavy atom. The normalized spacial score (nSPS) is 24.7. The molecule has 0 aromatic rings. The second-order valence-corrected chi connectivity index (χ2v) is 4.96. The highest BCUT2D eigenvalue weighted by Crippen LogP contribution is 2.33. The number of carbonyl (C=O) groups is 2. The van der Waals surface area contributed by atoms with Crippen LogP contribution in [0, 0.1) is 5.41 Å². The second-order valence-electron chi connectivity index (χ2n) is 4.96. The Morgan fingerprint density at radius 3 is 2.59 bits per heavy atom. The van der Waals surface area contributed by atoms with Crippen LogP contribution in [-0.4, -0.2) is 35.0 Å². The van der Waals surface area contributed by atoms with Crippen molar-refractivity contribution in [3.63, 3.8) is 0 Å². The van der Waals surface area contributed by atoms with E-state index in [9.17, 15) is 14.7 Å². The lowest BCUT2D eigenvalue weighted by atomic mass is 9.77. The first-order valence-corrected chi connectivity index (χ1v) is 6.57. The third-order valence-electron chi connectivity index (χ3n) is 3.80. The standard InChI is InChI=1S/C13H23NO3/c1-3-5-7-11(15)14-9-6-8-13(4-2,10-14)12(16)17/h3-10H2,1-2H3,(H,16,17). The summed E-state index contributed by atoms with van der Waals surface area (Å²) in [5.74, 6) is -0.640. The molecule has 0 aromatic heterocycles. The Hall–Kier alpha value is -1.06. The first-order valence-electron chi connectivity index (χ1n) is 6.57. The van der Waals surface area contributed by atoms with Crippen molar-refractivity contribution >= 4 is 11.9 Å². The van der Waals surface area contributed by atoms with E-state index in [0.717, 1.165) is 25.8 Å². The Kier molecular flexibility index (Phi) is 4.97. The van der Waals surface area contributed by atoms with Crippen molar-refractivity contribution < 1.29 is 14.7 Å². The molecule has 4 heteroatoms. The number of carboxylic acid groups (broad SMARTS) is 1. The van der Waals surface area contributed by atoms with Gasteiger partial charge in [-0.2, -0.15) is 0 Å². The fraction of sp³-hybridized carbons (Fsp3) is 0.846. The van der Waals surface area contributed by atoms with Gasteiger partial charge in [0.05, 0.1) is 5.41 Å². The van der Waals surface area contributed by atoms with E-state index in [1.807, 2.05) is 6.92 Å². The fourth-order valence-electron chi connectivity index (χ4n) is 2.45. The SMILES string of the molecule is CCCCC(=O)N1CCCC(CC)(C(=O)O)C1. The highest BCUT2D eigenvalue weighted by Gasteiger charge is 2.41. The minimum atomic E-state index is -0.756. The molecule has 1 aliphatic heterocycles.